The maximum Gasteiger partial charge on any atom is 0.345 e. The lowest BCUT2D eigenvalue weighted by atomic mass is 10.1. The second-order valence-corrected chi connectivity index (χ2v) is 9.39. The smallest absolute Gasteiger partial charge is 0.345 e. The van der Waals surface area contributed by atoms with Crippen LogP contribution in [0.2, 0.25) is 15.1 Å². The highest BCUT2D eigenvalue weighted by Crippen LogP contribution is 2.30. The summed E-state index contributed by atoms with van der Waals surface area (Å²) < 4.78 is 10.8. The van der Waals surface area contributed by atoms with Crippen LogP contribution in [0.4, 0.5) is 5.69 Å². The van der Waals surface area contributed by atoms with E-state index in [1.54, 1.807) is 54.6 Å². The van der Waals surface area contributed by atoms with Gasteiger partial charge >= 0.3 is 5.97 Å². The Bertz CT molecular complexity index is 1620. The SMILES string of the molecule is COc1cc(C=NNC(=O)c2cccc(NC(=O)c3ccccc3Cl)c2)ccc1OC(=O)c1ccc(Cl)cc1Cl. The van der Waals surface area contributed by atoms with Gasteiger partial charge in [0.15, 0.2) is 11.5 Å². The van der Waals surface area contributed by atoms with Gasteiger partial charge in [0.05, 0.1) is 34.5 Å². The summed E-state index contributed by atoms with van der Waals surface area (Å²) in [5.74, 6) is -1.16. The number of ether oxygens (including phenoxy) is 2. The van der Waals surface area contributed by atoms with Gasteiger partial charge in [-0.15, -0.1) is 0 Å². The van der Waals surface area contributed by atoms with Crippen LogP contribution in [0.5, 0.6) is 11.5 Å². The Balaban J connectivity index is 1.39. The van der Waals surface area contributed by atoms with E-state index in [9.17, 15) is 14.4 Å². The first-order chi connectivity index (χ1) is 19.2. The number of esters is 1. The second-order valence-electron chi connectivity index (χ2n) is 8.14. The van der Waals surface area contributed by atoms with Crippen LogP contribution in [0.3, 0.4) is 0 Å². The molecule has 0 aromatic heterocycles. The Kier molecular flexibility index (Phi) is 9.39. The van der Waals surface area contributed by atoms with E-state index in [4.69, 9.17) is 44.3 Å². The number of nitrogens with zero attached hydrogens (tertiary/aromatic N) is 1. The molecule has 2 amide bonds. The van der Waals surface area contributed by atoms with Crippen molar-refractivity contribution < 1.29 is 23.9 Å². The molecule has 4 rings (SSSR count). The first-order valence-corrected chi connectivity index (χ1v) is 12.7. The number of anilines is 1. The quantitative estimate of drug-likeness (QED) is 0.0997. The van der Waals surface area contributed by atoms with E-state index in [-0.39, 0.29) is 27.6 Å². The van der Waals surface area contributed by atoms with Gasteiger partial charge in [0.25, 0.3) is 11.8 Å². The van der Waals surface area contributed by atoms with Crippen molar-refractivity contribution in [1.82, 2.24) is 5.43 Å². The molecule has 40 heavy (non-hydrogen) atoms. The topological polar surface area (TPSA) is 106 Å². The summed E-state index contributed by atoms with van der Waals surface area (Å²) in [5.41, 5.74) is 4.13. The summed E-state index contributed by atoms with van der Waals surface area (Å²) >= 11 is 18.0. The van der Waals surface area contributed by atoms with Crippen LogP contribution >= 0.6 is 34.8 Å². The summed E-state index contributed by atoms with van der Waals surface area (Å²) in [5, 5.41) is 7.56. The molecule has 202 valence electrons. The Labute approximate surface area is 244 Å². The van der Waals surface area contributed by atoms with Crippen LogP contribution in [0.15, 0.2) is 90.0 Å². The molecule has 0 saturated carbocycles. The zero-order valence-corrected chi connectivity index (χ0v) is 23.1. The van der Waals surface area contributed by atoms with Gasteiger partial charge in [-0.1, -0.05) is 53.0 Å². The van der Waals surface area contributed by atoms with Crippen molar-refractivity contribution in [3.05, 3.63) is 122 Å². The van der Waals surface area contributed by atoms with Gasteiger partial charge in [0, 0.05) is 16.3 Å². The minimum absolute atomic E-state index is 0.147. The fourth-order valence-electron chi connectivity index (χ4n) is 3.47. The summed E-state index contributed by atoms with van der Waals surface area (Å²) in [7, 11) is 1.42. The van der Waals surface area contributed by atoms with E-state index in [1.807, 2.05) is 0 Å². The van der Waals surface area contributed by atoms with E-state index >= 15 is 0 Å². The minimum atomic E-state index is -0.682. The van der Waals surface area contributed by atoms with Crippen LogP contribution < -0.4 is 20.2 Å². The van der Waals surface area contributed by atoms with Crippen molar-refractivity contribution in [2.45, 2.75) is 0 Å². The highest BCUT2D eigenvalue weighted by Gasteiger charge is 2.16. The number of halogens is 3. The number of carbonyl (C=O) groups excluding carboxylic acids is 3. The zero-order valence-electron chi connectivity index (χ0n) is 20.8. The predicted octanol–water partition coefficient (Wildman–Crippen LogP) is 6.89. The average Bonchev–Trinajstić information content (AvgIpc) is 2.94. The molecule has 0 aliphatic heterocycles. The van der Waals surface area contributed by atoms with E-state index in [0.717, 1.165) is 0 Å². The van der Waals surface area contributed by atoms with Crippen LogP contribution in [-0.2, 0) is 0 Å². The predicted molar refractivity (Wildman–Crippen MR) is 155 cm³/mol. The molecule has 0 heterocycles. The Morgan fingerprint density at radius 3 is 2.33 bits per heavy atom. The standard InChI is InChI=1S/C29H20Cl3N3O5/c1-39-26-13-17(9-12-25(26)40-29(38)22-11-10-19(30)15-24(22)32)16-33-35-27(36)18-5-4-6-20(14-18)34-28(37)21-7-2-3-8-23(21)31/h2-16H,1H3,(H,34,37)(H,35,36). The lowest BCUT2D eigenvalue weighted by molar-refractivity contribution is 0.0729. The molecule has 8 nitrogen and oxygen atoms in total. The van der Waals surface area contributed by atoms with Gasteiger partial charge in [-0.2, -0.15) is 5.10 Å². The van der Waals surface area contributed by atoms with Gasteiger partial charge in [-0.25, -0.2) is 10.2 Å². The maximum absolute atomic E-state index is 12.6. The molecule has 0 unspecified atom stereocenters. The number of nitrogens with one attached hydrogen (secondary N) is 2. The van der Waals surface area contributed by atoms with Gasteiger partial charge in [0.1, 0.15) is 0 Å². The van der Waals surface area contributed by atoms with Crippen LogP contribution in [-0.4, -0.2) is 31.1 Å². The molecule has 0 bridgehead atoms. The average molecular weight is 597 g/mol. The van der Waals surface area contributed by atoms with Crippen molar-refractivity contribution in [2.24, 2.45) is 5.10 Å². The van der Waals surface area contributed by atoms with Gasteiger partial charge in [0.2, 0.25) is 0 Å². The maximum atomic E-state index is 12.6. The summed E-state index contributed by atoms with van der Waals surface area (Å²) in [6.45, 7) is 0. The number of hydrazone groups is 1. The number of methoxy groups -OCH3 is 1. The van der Waals surface area contributed by atoms with Gasteiger partial charge in [-0.3, -0.25) is 9.59 Å². The van der Waals surface area contributed by atoms with E-state index in [0.29, 0.717) is 26.9 Å². The molecular formula is C29H20Cl3N3O5. The molecule has 0 saturated heterocycles. The zero-order chi connectivity index (χ0) is 28.6. The van der Waals surface area contributed by atoms with E-state index in [1.165, 1.54) is 43.7 Å². The molecule has 0 atom stereocenters. The molecule has 4 aromatic rings. The highest BCUT2D eigenvalue weighted by atomic mass is 35.5. The largest absolute Gasteiger partial charge is 0.493 e. The minimum Gasteiger partial charge on any atom is -0.493 e. The monoisotopic (exact) mass is 595 g/mol. The fraction of sp³-hybridized carbons (Fsp3) is 0.0345. The van der Waals surface area contributed by atoms with Gasteiger partial charge < -0.3 is 14.8 Å². The van der Waals surface area contributed by atoms with Crippen LogP contribution in [0.1, 0.15) is 36.6 Å². The first kappa shape index (κ1) is 28.6. The Morgan fingerprint density at radius 1 is 0.775 bits per heavy atom. The third kappa shape index (κ3) is 7.18. The molecule has 2 N–H and O–H groups in total. The number of hydrogen-bond donors (Lipinski definition) is 2. The van der Waals surface area contributed by atoms with Crippen molar-refractivity contribution in [3.63, 3.8) is 0 Å². The molecular weight excluding hydrogens is 577 g/mol. The van der Waals surface area contributed by atoms with Crippen molar-refractivity contribution in [2.75, 3.05) is 12.4 Å². The normalized spacial score (nSPS) is 10.7. The molecule has 0 aliphatic rings. The molecule has 0 aliphatic carbocycles. The number of carbonyl (C=O) groups is 3. The molecule has 11 heteroatoms. The summed E-state index contributed by atoms with van der Waals surface area (Å²) in [4.78, 5) is 37.7. The molecule has 0 fully saturated rings. The van der Waals surface area contributed by atoms with Crippen molar-refractivity contribution >= 4 is 64.5 Å². The summed E-state index contributed by atoms with van der Waals surface area (Å²) in [6, 6.07) is 22.2. The number of rotatable bonds is 8. The number of amides is 2. The van der Waals surface area contributed by atoms with Crippen molar-refractivity contribution in [3.8, 4) is 11.5 Å². The lowest BCUT2D eigenvalue weighted by Gasteiger charge is -2.11. The first-order valence-electron chi connectivity index (χ1n) is 11.6. The Hall–Kier alpha value is -4.37. The molecule has 0 spiro atoms. The van der Waals surface area contributed by atoms with Crippen LogP contribution in [0, 0.1) is 0 Å². The fourth-order valence-corrected chi connectivity index (χ4v) is 4.18. The Morgan fingerprint density at radius 2 is 1.57 bits per heavy atom. The highest BCUT2D eigenvalue weighted by molar-refractivity contribution is 6.36. The number of benzene rings is 4. The van der Waals surface area contributed by atoms with E-state index < -0.39 is 17.8 Å². The third-order valence-corrected chi connectivity index (χ3v) is 6.30. The van der Waals surface area contributed by atoms with Crippen molar-refractivity contribution in [1.29, 1.82) is 0 Å². The van der Waals surface area contributed by atoms with Crippen LogP contribution in [0.25, 0.3) is 0 Å². The summed E-state index contributed by atoms with van der Waals surface area (Å²) in [6.07, 6.45) is 1.39. The molecule has 4 aromatic carbocycles. The second kappa shape index (κ2) is 13.1. The van der Waals surface area contributed by atoms with Gasteiger partial charge in [-0.05, 0) is 72.3 Å². The lowest BCUT2D eigenvalue weighted by Crippen LogP contribution is -2.18. The van der Waals surface area contributed by atoms with E-state index in [2.05, 4.69) is 15.8 Å². The third-order valence-electron chi connectivity index (χ3n) is 5.42. The molecule has 0 radical (unpaired) electrons. The number of hydrogen-bond acceptors (Lipinski definition) is 6.